The van der Waals surface area contributed by atoms with E-state index < -0.39 is 0 Å². The average molecular weight is 285 g/mol. The molecule has 0 atom stereocenters. The van der Waals surface area contributed by atoms with E-state index in [9.17, 15) is 4.39 Å². The van der Waals surface area contributed by atoms with Crippen molar-refractivity contribution in [3.05, 3.63) is 34.3 Å². The van der Waals surface area contributed by atoms with Crippen molar-refractivity contribution >= 4 is 15.9 Å². The van der Waals surface area contributed by atoms with Crippen LogP contribution in [0.4, 0.5) is 4.39 Å². The summed E-state index contributed by atoms with van der Waals surface area (Å²) in [5.41, 5.74) is 5.89. The van der Waals surface area contributed by atoms with E-state index in [1.54, 1.807) is 23.7 Å². The van der Waals surface area contributed by atoms with Crippen molar-refractivity contribution in [2.75, 3.05) is 0 Å². The highest BCUT2D eigenvalue weighted by molar-refractivity contribution is 9.10. The first-order valence-electron chi connectivity index (χ1n) is 4.68. The van der Waals surface area contributed by atoms with E-state index in [0.717, 1.165) is 0 Å². The minimum atomic E-state index is -0.339. The summed E-state index contributed by atoms with van der Waals surface area (Å²) in [7, 11) is 1.76. The third kappa shape index (κ3) is 1.74. The first-order valence-corrected chi connectivity index (χ1v) is 5.47. The molecule has 2 rings (SSSR count). The van der Waals surface area contributed by atoms with E-state index in [-0.39, 0.29) is 12.4 Å². The summed E-state index contributed by atoms with van der Waals surface area (Å²) in [6, 6.07) is 4.77. The Bertz CT molecular complexity index is 503. The fraction of sp³-hybridized carbons (Fsp3) is 0.200. The molecule has 2 aromatic rings. The second kappa shape index (κ2) is 4.31. The third-order valence-electron chi connectivity index (χ3n) is 2.33. The highest BCUT2D eigenvalue weighted by Gasteiger charge is 2.16. The van der Waals surface area contributed by atoms with E-state index >= 15 is 0 Å². The van der Waals surface area contributed by atoms with Gasteiger partial charge in [0.15, 0.2) is 5.82 Å². The predicted molar refractivity (Wildman–Crippen MR) is 62.0 cm³/mol. The molecule has 0 saturated heterocycles. The van der Waals surface area contributed by atoms with Crippen LogP contribution in [0, 0.1) is 5.82 Å². The summed E-state index contributed by atoms with van der Waals surface area (Å²) in [6.45, 7) is 0.273. The Kier molecular flexibility index (Phi) is 3.02. The molecule has 2 N–H and O–H groups in total. The van der Waals surface area contributed by atoms with Crippen LogP contribution in [0.25, 0.3) is 11.4 Å². The van der Waals surface area contributed by atoms with Crippen LogP contribution in [0.1, 0.15) is 5.82 Å². The van der Waals surface area contributed by atoms with Gasteiger partial charge in [-0.15, -0.1) is 10.2 Å². The Morgan fingerprint density at radius 1 is 1.44 bits per heavy atom. The van der Waals surface area contributed by atoms with Crippen LogP contribution in [0.3, 0.4) is 0 Å². The van der Waals surface area contributed by atoms with Gasteiger partial charge in [-0.25, -0.2) is 4.39 Å². The van der Waals surface area contributed by atoms with Gasteiger partial charge in [0.1, 0.15) is 11.6 Å². The lowest BCUT2D eigenvalue weighted by Crippen LogP contribution is -2.06. The van der Waals surface area contributed by atoms with E-state index in [1.165, 1.54) is 6.07 Å². The first kappa shape index (κ1) is 11.2. The molecule has 0 aliphatic heterocycles. The van der Waals surface area contributed by atoms with Crippen LogP contribution in [-0.2, 0) is 13.6 Å². The van der Waals surface area contributed by atoms with Crippen LogP contribution in [0.5, 0.6) is 0 Å². The molecule has 0 amide bonds. The maximum Gasteiger partial charge on any atom is 0.167 e. The lowest BCUT2D eigenvalue weighted by atomic mass is 10.2. The molecular weight excluding hydrogens is 275 g/mol. The number of halogens is 2. The average Bonchev–Trinajstić information content (AvgIpc) is 2.60. The lowest BCUT2D eigenvalue weighted by Gasteiger charge is -2.05. The van der Waals surface area contributed by atoms with Crippen molar-refractivity contribution in [2.24, 2.45) is 12.8 Å². The Balaban J connectivity index is 2.63. The highest BCUT2D eigenvalue weighted by atomic mass is 79.9. The highest BCUT2D eigenvalue weighted by Crippen LogP contribution is 2.29. The molecule has 1 heterocycles. The fourth-order valence-electron chi connectivity index (χ4n) is 1.47. The largest absolute Gasteiger partial charge is 0.324 e. The van der Waals surface area contributed by atoms with Gasteiger partial charge in [-0.3, -0.25) is 0 Å². The molecule has 1 aromatic carbocycles. The van der Waals surface area contributed by atoms with Gasteiger partial charge < -0.3 is 10.3 Å². The number of nitrogens with zero attached hydrogens (tertiary/aromatic N) is 3. The van der Waals surface area contributed by atoms with Crippen molar-refractivity contribution in [3.8, 4) is 11.4 Å². The zero-order chi connectivity index (χ0) is 11.7. The smallest absolute Gasteiger partial charge is 0.167 e. The minimum Gasteiger partial charge on any atom is -0.324 e. The standard InChI is InChI=1S/C10H10BrFN4/c1-16-8(5-13)14-15-10(16)9-6(11)3-2-4-7(9)12/h2-4H,5,13H2,1H3. The van der Waals surface area contributed by atoms with Crippen molar-refractivity contribution in [2.45, 2.75) is 6.54 Å². The SMILES string of the molecule is Cn1c(CN)nnc1-c1c(F)cccc1Br. The number of hydrogen-bond acceptors (Lipinski definition) is 3. The second-order valence-electron chi connectivity index (χ2n) is 3.30. The number of benzene rings is 1. The van der Waals surface area contributed by atoms with Crippen molar-refractivity contribution in [1.82, 2.24) is 14.8 Å². The van der Waals surface area contributed by atoms with Gasteiger partial charge in [0, 0.05) is 11.5 Å². The molecule has 0 unspecified atom stereocenters. The van der Waals surface area contributed by atoms with Crippen LogP contribution in [0.2, 0.25) is 0 Å². The zero-order valence-corrected chi connectivity index (χ0v) is 10.2. The summed E-state index contributed by atoms with van der Waals surface area (Å²) < 4.78 is 16.0. The van der Waals surface area contributed by atoms with E-state index in [4.69, 9.17) is 5.73 Å². The van der Waals surface area contributed by atoms with Gasteiger partial charge in [-0.2, -0.15) is 0 Å². The summed E-state index contributed by atoms with van der Waals surface area (Å²) >= 11 is 3.30. The lowest BCUT2D eigenvalue weighted by molar-refractivity contribution is 0.627. The van der Waals surface area contributed by atoms with Gasteiger partial charge in [-0.05, 0) is 28.1 Å². The number of rotatable bonds is 2. The molecule has 0 bridgehead atoms. The fourth-order valence-corrected chi connectivity index (χ4v) is 1.99. The molecule has 0 fully saturated rings. The van der Waals surface area contributed by atoms with Gasteiger partial charge in [0.05, 0.1) is 12.1 Å². The van der Waals surface area contributed by atoms with Crippen LogP contribution < -0.4 is 5.73 Å². The maximum atomic E-state index is 13.7. The molecule has 0 aliphatic rings. The number of nitrogens with two attached hydrogens (primary N) is 1. The van der Waals surface area contributed by atoms with Crippen LogP contribution >= 0.6 is 15.9 Å². The molecule has 0 radical (unpaired) electrons. The molecule has 84 valence electrons. The Morgan fingerprint density at radius 2 is 2.19 bits per heavy atom. The number of aromatic nitrogens is 3. The molecule has 0 saturated carbocycles. The van der Waals surface area contributed by atoms with Crippen molar-refractivity contribution in [3.63, 3.8) is 0 Å². The quantitative estimate of drug-likeness (QED) is 0.916. The van der Waals surface area contributed by atoms with E-state index in [2.05, 4.69) is 26.1 Å². The van der Waals surface area contributed by atoms with Crippen molar-refractivity contribution < 1.29 is 4.39 Å². The van der Waals surface area contributed by atoms with Gasteiger partial charge in [0.25, 0.3) is 0 Å². The summed E-state index contributed by atoms with van der Waals surface area (Å²) in [5.74, 6) is 0.740. The summed E-state index contributed by atoms with van der Waals surface area (Å²) in [6.07, 6.45) is 0. The van der Waals surface area contributed by atoms with Crippen LogP contribution in [0.15, 0.2) is 22.7 Å². The second-order valence-corrected chi connectivity index (χ2v) is 4.15. The number of hydrogen-bond donors (Lipinski definition) is 1. The van der Waals surface area contributed by atoms with Gasteiger partial charge in [0.2, 0.25) is 0 Å². The topological polar surface area (TPSA) is 56.7 Å². The third-order valence-corrected chi connectivity index (χ3v) is 2.99. The Hall–Kier alpha value is -1.27. The Morgan fingerprint density at radius 3 is 2.75 bits per heavy atom. The molecular formula is C10H10BrFN4. The first-order chi connectivity index (χ1) is 7.65. The minimum absolute atomic E-state index is 0.273. The molecule has 0 spiro atoms. The zero-order valence-electron chi connectivity index (χ0n) is 8.61. The van der Waals surface area contributed by atoms with Gasteiger partial charge >= 0.3 is 0 Å². The monoisotopic (exact) mass is 284 g/mol. The molecule has 4 nitrogen and oxygen atoms in total. The summed E-state index contributed by atoms with van der Waals surface area (Å²) in [5, 5.41) is 7.83. The van der Waals surface area contributed by atoms with Gasteiger partial charge in [-0.1, -0.05) is 6.07 Å². The molecule has 16 heavy (non-hydrogen) atoms. The van der Waals surface area contributed by atoms with Crippen molar-refractivity contribution in [1.29, 1.82) is 0 Å². The normalized spacial score (nSPS) is 10.8. The Labute approximate surface area is 100 Å². The molecule has 6 heteroatoms. The maximum absolute atomic E-state index is 13.7. The summed E-state index contributed by atoms with van der Waals surface area (Å²) in [4.78, 5) is 0. The molecule has 0 aliphatic carbocycles. The van der Waals surface area contributed by atoms with Crippen LogP contribution in [-0.4, -0.2) is 14.8 Å². The predicted octanol–water partition coefficient (Wildman–Crippen LogP) is 1.84. The van der Waals surface area contributed by atoms with E-state index in [0.29, 0.717) is 21.7 Å². The van der Waals surface area contributed by atoms with E-state index in [1.807, 2.05) is 0 Å². The molecule has 1 aromatic heterocycles.